The Morgan fingerprint density at radius 2 is 1.88 bits per heavy atom. The van der Waals surface area contributed by atoms with Crippen LogP contribution in [0.5, 0.6) is 0 Å². The zero-order valence-corrected chi connectivity index (χ0v) is 12.5. The van der Waals surface area contributed by atoms with E-state index in [1.807, 2.05) is 7.05 Å². The molecule has 0 aromatic carbocycles. The number of rotatable bonds is 3. The van der Waals surface area contributed by atoms with Crippen LogP contribution in [0.1, 0.15) is 39.4 Å². The van der Waals surface area contributed by atoms with Gasteiger partial charge in [0.2, 0.25) is 0 Å². The van der Waals surface area contributed by atoms with Crippen molar-refractivity contribution in [2.45, 2.75) is 33.7 Å². The average molecular weight is 302 g/mol. The minimum absolute atomic E-state index is 0.0642. The van der Waals surface area contributed by atoms with E-state index in [-0.39, 0.29) is 16.9 Å². The van der Waals surface area contributed by atoms with Crippen LogP contribution in [-0.2, 0) is 7.05 Å². The SMILES string of the molecule is Cn1nnc(Br)c1C(NN)C1C(C)(C)C1(C)C. The van der Waals surface area contributed by atoms with Crippen LogP contribution in [-0.4, -0.2) is 15.0 Å². The molecule has 1 atom stereocenters. The van der Waals surface area contributed by atoms with Gasteiger partial charge in [-0.25, -0.2) is 4.68 Å². The van der Waals surface area contributed by atoms with E-state index in [4.69, 9.17) is 5.84 Å². The number of nitrogens with two attached hydrogens (primary N) is 1. The smallest absolute Gasteiger partial charge is 0.153 e. The van der Waals surface area contributed by atoms with Crippen molar-refractivity contribution in [2.75, 3.05) is 0 Å². The van der Waals surface area contributed by atoms with Crippen molar-refractivity contribution in [3.8, 4) is 0 Å². The Morgan fingerprint density at radius 1 is 1.35 bits per heavy atom. The number of halogens is 1. The number of hydrazine groups is 1. The Bertz CT molecular complexity index is 404. The second-order valence-electron chi connectivity index (χ2n) is 5.95. The zero-order chi connectivity index (χ0) is 13.0. The van der Waals surface area contributed by atoms with E-state index < -0.39 is 0 Å². The number of nitrogens with zero attached hydrogens (tertiary/aromatic N) is 3. The molecule has 1 saturated carbocycles. The molecule has 6 heteroatoms. The third-order valence-electron chi connectivity index (χ3n) is 4.77. The predicted molar refractivity (Wildman–Crippen MR) is 69.8 cm³/mol. The van der Waals surface area contributed by atoms with Crippen LogP contribution >= 0.6 is 15.9 Å². The highest BCUT2D eigenvalue weighted by molar-refractivity contribution is 9.10. The Kier molecular flexibility index (Phi) is 2.88. The normalized spacial score (nSPS) is 23.7. The first kappa shape index (κ1) is 13.0. The van der Waals surface area contributed by atoms with Crippen molar-refractivity contribution in [1.82, 2.24) is 20.4 Å². The number of nitrogens with one attached hydrogen (secondary N) is 1. The van der Waals surface area contributed by atoms with Gasteiger partial charge in [-0.15, -0.1) is 5.10 Å². The monoisotopic (exact) mass is 301 g/mol. The van der Waals surface area contributed by atoms with Crippen LogP contribution in [0, 0.1) is 16.7 Å². The van der Waals surface area contributed by atoms with Gasteiger partial charge in [0.15, 0.2) is 4.60 Å². The molecule has 1 aliphatic rings. The lowest BCUT2D eigenvalue weighted by atomic mass is 10.0. The fourth-order valence-corrected chi connectivity index (χ4v) is 3.66. The van der Waals surface area contributed by atoms with E-state index >= 15 is 0 Å². The summed E-state index contributed by atoms with van der Waals surface area (Å²) in [4.78, 5) is 0. The van der Waals surface area contributed by atoms with Crippen LogP contribution in [0.3, 0.4) is 0 Å². The molecular weight excluding hydrogens is 282 g/mol. The molecule has 0 saturated heterocycles. The van der Waals surface area contributed by atoms with Crippen LogP contribution in [0.2, 0.25) is 0 Å². The van der Waals surface area contributed by atoms with Crippen LogP contribution < -0.4 is 11.3 Å². The van der Waals surface area contributed by atoms with Gasteiger partial charge in [-0.05, 0) is 32.7 Å². The molecular formula is C11H20BrN5. The van der Waals surface area contributed by atoms with Crippen molar-refractivity contribution in [3.63, 3.8) is 0 Å². The molecule has 0 bridgehead atoms. The van der Waals surface area contributed by atoms with Crippen molar-refractivity contribution in [2.24, 2.45) is 29.6 Å². The van der Waals surface area contributed by atoms with E-state index in [2.05, 4.69) is 59.4 Å². The van der Waals surface area contributed by atoms with Gasteiger partial charge in [0, 0.05) is 7.05 Å². The number of hydrogen-bond acceptors (Lipinski definition) is 4. The van der Waals surface area contributed by atoms with Crippen molar-refractivity contribution < 1.29 is 0 Å². The minimum Gasteiger partial charge on any atom is -0.271 e. The third-order valence-corrected chi connectivity index (χ3v) is 5.33. The van der Waals surface area contributed by atoms with Gasteiger partial charge >= 0.3 is 0 Å². The van der Waals surface area contributed by atoms with E-state index in [0.29, 0.717) is 5.92 Å². The third kappa shape index (κ3) is 1.65. The summed E-state index contributed by atoms with van der Waals surface area (Å²) in [7, 11) is 1.89. The Labute approximate surface area is 110 Å². The summed E-state index contributed by atoms with van der Waals surface area (Å²) in [5.41, 5.74) is 4.45. The number of aromatic nitrogens is 3. The highest BCUT2D eigenvalue weighted by atomic mass is 79.9. The quantitative estimate of drug-likeness (QED) is 0.659. The minimum atomic E-state index is 0.0642. The van der Waals surface area contributed by atoms with Crippen LogP contribution in [0.4, 0.5) is 0 Å². The summed E-state index contributed by atoms with van der Waals surface area (Å²) >= 11 is 3.44. The first-order valence-electron chi connectivity index (χ1n) is 5.76. The molecule has 1 aromatic rings. The molecule has 1 aromatic heterocycles. The lowest BCUT2D eigenvalue weighted by Gasteiger charge is -2.18. The summed E-state index contributed by atoms with van der Waals surface area (Å²) in [5, 5.41) is 8.04. The largest absolute Gasteiger partial charge is 0.271 e. The predicted octanol–water partition coefficient (Wildman–Crippen LogP) is 1.76. The molecule has 2 rings (SSSR count). The number of hydrogen-bond donors (Lipinski definition) is 2. The lowest BCUT2D eigenvalue weighted by molar-refractivity contribution is 0.394. The molecule has 0 spiro atoms. The van der Waals surface area contributed by atoms with Gasteiger partial charge in [-0.2, -0.15) is 0 Å². The van der Waals surface area contributed by atoms with E-state index in [1.54, 1.807) is 4.68 Å². The maximum atomic E-state index is 5.75. The van der Waals surface area contributed by atoms with Gasteiger partial charge < -0.3 is 0 Å². The fraction of sp³-hybridized carbons (Fsp3) is 0.818. The molecule has 3 N–H and O–H groups in total. The van der Waals surface area contributed by atoms with E-state index in [1.165, 1.54) is 0 Å². The molecule has 96 valence electrons. The van der Waals surface area contributed by atoms with Gasteiger partial charge in [0.1, 0.15) is 0 Å². The summed E-state index contributed by atoms with van der Waals surface area (Å²) in [5.74, 6) is 6.21. The van der Waals surface area contributed by atoms with E-state index in [9.17, 15) is 0 Å². The zero-order valence-electron chi connectivity index (χ0n) is 11.0. The molecule has 1 aliphatic carbocycles. The topological polar surface area (TPSA) is 68.8 Å². The van der Waals surface area contributed by atoms with Gasteiger partial charge in [-0.3, -0.25) is 11.3 Å². The fourth-order valence-electron chi connectivity index (χ4n) is 3.08. The Morgan fingerprint density at radius 3 is 2.18 bits per heavy atom. The summed E-state index contributed by atoms with van der Waals surface area (Å²) in [6, 6.07) is 0.0642. The lowest BCUT2D eigenvalue weighted by Crippen LogP contribution is -2.33. The number of aryl methyl sites for hydroxylation is 1. The summed E-state index contributed by atoms with van der Waals surface area (Å²) in [6.07, 6.45) is 0. The highest BCUT2D eigenvalue weighted by Gasteiger charge is 2.67. The first-order valence-corrected chi connectivity index (χ1v) is 6.55. The van der Waals surface area contributed by atoms with Crippen LogP contribution in [0.25, 0.3) is 0 Å². The molecule has 1 heterocycles. The second kappa shape index (κ2) is 3.76. The molecule has 1 unspecified atom stereocenters. The van der Waals surface area contributed by atoms with Gasteiger partial charge in [-0.1, -0.05) is 32.9 Å². The second-order valence-corrected chi connectivity index (χ2v) is 6.71. The molecule has 1 fully saturated rings. The van der Waals surface area contributed by atoms with Crippen molar-refractivity contribution >= 4 is 15.9 Å². The maximum absolute atomic E-state index is 5.75. The Hall–Kier alpha value is -0.460. The van der Waals surface area contributed by atoms with Gasteiger partial charge in [0.25, 0.3) is 0 Å². The highest BCUT2D eigenvalue weighted by Crippen LogP contribution is 2.72. The summed E-state index contributed by atoms with van der Waals surface area (Å²) in [6.45, 7) is 9.11. The first-order chi connectivity index (χ1) is 7.75. The van der Waals surface area contributed by atoms with E-state index in [0.717, 1.165) is 10.3 Å². The molecule has 17 heavy (non-hydrogen) atoms. The van der Waals surface area contributed by atoms with Crippen molar-refractivity contribution in [1.29, 1.82) is 0 Å². The average Bonchev–Trinajstić information content (AvgIpc) is 2.51. The molecule has 0 aliphatic heterocycles. The standard InChI is InChI=1S/C11H20BrN5/c1-10(2)8(11(10,3)4)6(14-13)7-9(12)15-16-17(7)5/h6,8,14H,13H2,1-5H3. The van der Waals surface area contributed by atoms with Crippen LogP contribution in [0.15, 0.2) is 4.60 Å². The summed E-state index contributed by atoms with van der Waals surface area (Å²) < 4.78 is 2.54. The van der Waals surface area contributed by atoms with Crippen molar-refractivity contribution in [3.05, 3.63) is 10.3 Å². The molecule has 0 radical (unpaired) electrons. The van der Waals surface area contributed by atoms with Gasteiger partial charge in [0.05, 0.1) is 11.7 Å². The maximum Gasteiger partial charge on any atom is 0.153 e. The molecule has 5 nitrogen and oxygen atoms in total. The molecule has 0 amide bonds. The Balaban J connectivity index is 2.38.